The summed E-state index contributed by atoms with van der Waals surface area (Å²) in [4.78, 5) is 10.6. The third-order valence-electron chi connectivity index (χ3n) is 2.52. The van der Waals surface area contributed by atoms with Crippen LogP contribution in [0.4, 0.5) is 0 Å². The monoisotopic (exact) mass is 281 g/mol. The smallest absolute Gasteiger partial charge is 0.194 e. The molecule has 1 N–H and O–H groups in total. The van der Waals surface area contributed by atoms with Gasteiger partial charge in [0, 0.05) is 6.07 Å². The molecule has 1 heterocycles. The van der Waals surface area contributed by atoms with E-state index in [1.165, 1.54) is 0 Å². The largest absolute Gasteiger partial charge is 0.466 e. The van der Waals surface area contributed by atoms with Crippen LogP contribution in [-0.2, 0) is 9.05 Å². The van der Waals surface area contributed by atoms with Crippen LogP contribution in [0.15, 0.2) is 42.6 Å². The van der Waals surface area contributed by atoms with Gasteiger partial charge in [0.25, 0.3) is 5.44 Å². The van der Waals surface area contributed by atoms with Crippen LogP contribution in [0.25, 0.3) is 5.69 Å². The molecule has 2 rings (SSSR count). The summed E-state index contributed by atoms with van der Waals surface area (Å²) in [7, 11) is -3.08. The summed E-state index contributed by atoms with van der Waals surface area (Å²) in [5.74, 6) is 0. The molecule has 5 nitrogen and oxygen atoms in total. The van der Waals surface area contributed by atoms with Crippen molar-refractivity contribution in [3.63, 3.8) is 0 Å². The molecule has 0 saturated carbocycles. The van der Waals surface area contributed by atoms with E-state index in [-0.39, 0.29) is 0 Å². The Labute approximate surface area is 113 Å². The number of aromatic nitrogens is 2. The molecule has 102 valence electrons. The van der Waals surface area contributed by atoms with E-state index in [0.717, 1.165) is 5.69 Å². The van der Waals surface area contributed by atoms with Crippen LogP contribution >= 0.6 is 7.94 Å². The molecule has 0 aliphatic carbocycles. The van der Waals surface area contributed by atoms with E-state index in [9.17, 15) is 4.89 Å². The Bertz CT molecular complexity index is 510. The minimum Gasteiger partial charge on any atom is -0.194 e. The topological polar surface area (TPSA) is 56.5 Å². The Morgan fingerprint density at radius 2 is 1.74 bits per heavy atom. The highest BCUT2D eigenvalue weighted by molar-refractivity contribution is 7.68. The number of benzene rings is 1. The highest BCUT2D eigenvalue weighted by Crippen LogP contribution is 2.55. The summed E-state index contributed by atoms with van der Waals surface area (Å²) in [5.41, 5.74) is 1.42. The molecule has 2 aromatic rings. The fourth-order valence-corrected chi connectivity index (χ4v) is 3.50. The Balaban J connectivity index is 2.42. The van der Waals surface area contributed by atoms with Crippen molar-refractivity contribution in [2.45, 2.75) is 13.8 Å². The standard InChI is InChI=1S/C13H18N2O3P/c1-3-17-19(16,18-4-2)13-10-11-14-15(13)12-8-6-5-7-9-12/h5-11,16H,3-4H2,1-2H3/q+1. The lowest BCUT2D eigenvalue weighted by molar-refractivity contribution is 0.199. The number of rotatable bonds is 6. The maximum absolute atomic E-state index is 10.6. The van der Waals surface area contributed by atoms with Crippen molar-refractivity contribution < 1.29 is 13.9 Å². The molecule has 6 heteroatoms. The first kappa shape index (κ1) is 14.2. The lowest BCUT2D eigenvalue weighted by Gasteiger charge is -2.16. The Hall–Kier alpha value is -1.26. The number of para-hydroxylation sites is 1. The molecule has 0 unspecified atom stereocenters. The number of hydrogen-bond donors (Lipinski definition) is 1. The first-order valence-corrected chi connectivity index (χ1v) is 7.80. The van der Waals surface area contributed by atoms with Crippen LogP contribution in [0.3, 0.4) is 0 Å². The fraction of sp³-hybridized carbons (Fsp3) is 0.308. The molecule has 0 radical (unpaired) electrons. The van der Waals surface area contributed by atoms with Gasteiger partial charge in [0.15, 0.2) is 0 Å². The van der Waals surface area contributed by atoms with Crippen LogP contribution in [0.2, 0.25) is 0 Å². The zero-order valence-electron chi connectivity index (χ0n) is 11.1. The molecule has 1 aromatic heterocycles. The molecular weight excluding hydrogens is 263 g/mol. The van der Waals surface area contributed by atoms with Crippen molar-refractivity contribution in [1.29, 1.82) is 0 Å². The van der Waals surface area contributed by atoms with Crippen LogP contribution in [-0.4, -0.2) is 27.9 Å². The summed E-state index contributed by atoms with van der Waals surface area (Å²) in [6.45, 7) is 4.41. The van der Waals surface area contributed by atoms with Gasteiger partial charge in [-0.1, -0.05) is 18.2 Å². The van der Waals surface area contributed by atoms with Gasteiger partial charge < -0.3 is 0 Å². The van der Waals surface area contributed by atoms with Crippen molar-refractivity contribution in [1.82, 2.24) is 9.78 Å². The second kappa shape index (κ2) is 6.26. The lowest BCUT2D eigenvalue weighted by atomic mass is 10.3. The van der Waals surface area contributed by atoms with Gasteiger partial charge in [-0.15, -0.1) is 0 Å². The predicted molar refractivity (Wildman–Crippen MR) is 75.6 cm³/mol. The molecule has 0 saturated heterocycles. The normalized spacial score (nSPS) is 11.7. The van der Waals surface area contributed by atoms with E-state index in [1.807, 2.05) is 44.2 Å². The second-order valence-corrected chi connectivity index (χ2v) is 5.81. The van der Waals surface area contributed by atoms with Gasteiger partial charge >= 0.3 is 7.94 Å². The zero-order valence-corrected chi connectivity index (χ0v) is 12.0. The third-order valence-corrected chi connectivity index (χ3v) is 4.66. The average Bonchev–Trinajstić information content (AvgIpc) is 2.90. The van der Waals surface area contributed by atoms with Crippen molar-refractivity contribution in [3.8, 4) is 5.69 Å². The Kier molecular flexibility index (Phi) is 4.66. The Morgan fingerprint density at radius 1 is 1.11 bits per heavy atom. The molecule has 0 aliphatic heterocycles. The third kappa shape index (κ3) is 3.01. The Morgan fingerprint density at radius 3 is 2.32 bits per heavy atom. The van der Waals surface area contributed by atoms with Crippen LogP contribution in [0, 0.1) is 0 Å². The molecule has 0 bridgehead atoms. The van der Waals surface area contributed by atoms with E-state index in [0.29, 0.717) is 18.6 Å². The van der Waals surface area contributed by atoms with Crippen molar-refractivity contribution >= 4 is 13.4 Å². The molecular formula is C13H18N2O3P+. The van der Waals surface area contributed by atoms with Gasteiger partial charge in [-0.2, -0.15) is 23.7 Å². The fourth-order valence-electron chi connectivity index (χ4n) is 1.80. The van der Waals surface area contributed by atoms with E-state index in [4.69, 9.17) is 9.05 Å². The maximum Gasteiger partial charge on any atom is 0.466 e. The molecule has 0 atom stereocenters. The predicted octanol–water partition coefficient (Wildman–Crippen LogP) is 2.33. The highest BCUT2D eigenvalue weighted by atomic mass is 31.2. The van der Waals surface area contributed by atoms with E-state index in [1.54, 1.807) is 16.9 Å². The second-order valence-electron chi connectivity index (χ2n) is 3.79. The van der Waals surface area contributed by atoms with E-state index in [2.05, 4.69) is 5.10 Å². The van der Waals surface area contributed by atoms with Gasteiger partial charge in [-0.05, 0) is 26.0 Å². The highest BCUT2D eigenvalue weighted by Gasteiger charge is 2.47. The first-order chi connectivity index (χ1) is 9.21. The van der Waals surface area contributed by atoms with Gasteiger partial charge in [-0.25, -0.2) is 0 Å². The first-order valence-electron chi connectivity index (χ1n) is 6.22. The van der Waals surface area contributed by atoms with Gasteiger partial charge in [0.05, 0.1) is 25.1 Å². The van der Waals surface area contributed by atoms with Gasteiger partial charge in [0.2, 0.25) is 0 Å². The van der Waals surface area contributed by atoms with Crippen molar-refractivity contribution in [3.05, 3.63) is 42.6 Å². The summed E-state index contributed by atoms with van der Waals surface area (Å²) < 4.78 is 12.6. The molecule has 0 spiro atoms. The molecule has 1 aromatic carbocycles. The van der Waals surface area contributed by atoms with Crippen molar-refractivity contribution in [2.75, 3.05) is 13.2 Å². The summed E-state index contributed by atoms with van der Waals surface area (Å²) in [6, 6.07) is 11.3. The minimum absolute atomic E-state index is 0.379. The SMILES string of the molecule is CCO[P+](O)(OCC)c1ccnn1-c1ccccc1. The number of nitrogens with zero attached hydrogens (tertiary/aromatic N) is 2. The molecule has 0 amide bonds. The molecule has 0 aliphatic rings. The van der Waals surface area contributed by atoms with Crippen LogP contribution < -0.4 is 5.44 Å². The molecule has 0 fully saturated rings. The zero-order chi connectivity index (χ0) is 13.7. The summed E-state index contributed by atoms with van der Waals surface area (Å²) in [5, 5.41) is 4.24. The number of hydrogen-bond acceptors (Lipinski definition) is 4. The van der Waals surface area contributed by atoms with Crippen LogP contribution in [0.5, 0.6) is 0 Å². The van der Waals surface area contributed by atoms with Gasteiger partial charge in [0.1, 0.15) is 0 Å². The lowest BCUT2D eigenvalue weighted by Crippen LogP contribution is -2.24. The minimum atomic E-state index is -3.08. The quantitative estimate of drug-likeness (QED) is 0.826. The summed E-state index contributed by atoms with van der Waals surface area (Å²) in [6.07, 6.45) is 1.63. The van der Waals surface area contributed by atoms with E-state index >= 15 is 0 Å². The maximum atomic E-state index is 10.6. The average molecular weight is 281 g/mol. The summed E-state index contributed by atoms with van der Waals surface area (Å²) >= 11 is 0. The molecule has 19 heavy (non-hydrogen) atoms. The van der Waals surface area contributed by atoms with Gasteiger partial charge in [-0.3, -0.25) is 0 Å². The van der Waals surface area contributed by atoms with E-state index < -0.39 is 7.94 Å². The van der Waals surface area contributed by atoms with Crippen molar-refractivity contribution in [2.24, 2.45) is 0 Å². The van der Waals surface area contributed by atoms with Crippen LogP contribution in [0.1, 0.15) is 13.8 Å².